The first-order chi connectivity index (χ1) is 22.0. The summed E-state index contributed by atoms with van der Waals surface area (Å²) in [5.74, 6) is -7.47. The van der Waals surface area contributed by atoms with Crippen LogP contribution in [0.15, 0.2) is 48.1 Å². The second-order valence-corrected chi connectivity index (χ2v) is 13.3. The van der Waals surface area contributed by atoms with Crippen molar-refractivity contribution in [1.82, 2.24) is 0 Å². The Labute approximate surface area is 279 Å². The van der Waals surface area contributed by atoms with Gasteiger partial charge in [0, 0.05) is 30.4 Å². The maximum Gasteiger partial charge on any atom is 0.336 e. The van der Waals surface area contributed by atoms with Gasteiger partial charge in [-0.1, -0.05) is 46.1 Å². The Kier molecular flexibility index (Phi) is 12.9. The quantitative estimate of drug-likeness (QED) is 0.0724. The van der Waals surface area contributed by atoms with Crippen molar-refractivity contribution in [2.24, 2.45) is 17.3 Å². The Morgan fingerprint density at radius 2 is 1.52 bits per heavy atom. The number of hydrogen-bond acceptors (Lipinski definition) is 14. The molecule has 1 fully saturated rings. The summed E-state index contributed by atoms with van der Waals surface area (Å²) >= 11 is 0. The fourth-order valence-electron chi connectivity index (χ4n) is 6.05. The summed E-state index contributed by atoms with van der Waals surface area (Å²) in [4.78, 5) is 69.7. The number of ether oxygens (including phenoxy) is 4. The molecule has 48 heavy (non-hydrogen) atoms. The maximum atomic E-state index is 14.2. The van der Waals surface area contributed by atoms with Crippen molar-refractivity contribution in [3.05, 3.63) is 48.1 Å². The van der Waals surface area contributed by atoms with E-state index in [-0.39, 0.29) is 12.0 Å². The van der Waals surface area contributed by atoms with Crippen molar-refractivity contribution < 1.29 is 68.4 Å². The first-order valence-corrected chi connectivity index (χ1v) is 15.4. The van der Waals surface area contributed by atoms with E-state index in [1.165, 1.54) is 39.8 Å². The molecule has 0 bridgehead atoms. The molecule has 14 nitrogen and oxygen atoms in total. The summed E-state index contributed by atoms with van der Waals surface area (Å²) in [6.45, 7) is 19.6. The molecule has 14 heteroatoms. The summed E-state index contributed by atoms with van der Waals surface area (Å²) in [5, 5.41) is 44.8. The van der Waals surface area contributed by atoms with Crippen LogP contribution in [0.4, 0.5) is 0 Å². The van der Waals surface area contributed by atoms with Gasteiger partial charge < -0.3 is 34.3 Å². The van der Waals surface area contributed by atoms with Crippen molar-refractivity contribution in [3.63, 3.8) is 0 Å². The summed E-state index contributed by atoms with van der Waals surface area (Å²) in [6.07, 6.45) is -6.52. The van der Waals surface area contributed by atoms with E-state index in [4.69, 9.17) is 24.2 Å². The second-order valence-electron chi connectivity index (χ2n) is 13.3. The minimum Gasteiger partial charge on any atom is -0.459 e. The van der Waals surface area contributed by atoms with E-state index >= 15 is 0 Å². The largest absolute Gasteiger partial charge is 0.459 e. The van der Waals surface area contributed by atoms with Crippen molar-refractivity contribution >= 4 is 29.7 Å². The number of rotatable bonds is 8. The van der Waals surface area contributed by atoms with Crippen LogP contribution in [0.5, 0.6) is 0 Å². The monoisotopic (exact) mass is 680 g/mol. The first kappa shape index (κ1) is 40.5. The van der Waals surface area contributed by atoms with Crippen LogP contribution in [0.1, 0.15) is 68.7 Å². The molecule has 0 radical (unpaired) electrons. The van der Waals surface area contributed by atoms with Crippen molar-refractivity contribution in [2.75, 3.05) is 0 Å². The molecule has 0 amide bonds. The SMILES string of the molecule is C=C(C(=O)O[C@H]1C(=C)[C@H](OC(C)=O)[C@H]2[C@@H](OC(=O)/C(C)=C\C)[C@@H](C)C[C@]2(O)C(=O)[C@](C)(O)/C=C/C(C)(C)[C@H](OC(C)=O)[C@@H]1O)C(C)OO. The molecular formula is C34H48O14. The molecule has 10 atom stereocenters. The molecule has 1 saturated carbocycles. The van der Waals surface area contributed by atoms with Crippen molar-refractivity contribution in [2.45, 2.75) is 117 Å². The lowest BCUT2D eigenvalue weighted by Gasteiger charge is -2.44. The standard InChI is InChI=1S/C34H48O14/c1-12-16(2)29(38)46-25-17(3)15-34(42)23(25)26(44-21(7)35)19(5)27(47-30(39)18(4)20(6)48-43)24(37)28(45-22(8)36)32(9,10)13-14-33(11,41)31(34)40/h12-14,17,20,23-28,37,41-43H,4-5,15H2,1-3,6-11H3/b14-13+,16-12-/t17-,20?,23+,24+,25-,26-,27-,28+,33+,34+/m0/s1. The van der Waals surface area contributed by atoms with E-state index < -0.39 is 106 Å². The zero-order chi connectivity index (χ0) is 37.1. The number of carbonyl (C=O) groups is 5. The van der Waals surface area contributed by atoms with Gasteiger partial charge in [-0.15, -0.1) is 0 Å². The van der Waals surface area contributed by atoms with E-state index in [1.54, 1.807) is 13.8 Å². The van der Waals surface area contributed by atoms with Gasteiger partial charge in [0.2, 0.25) is 0 Å². The second kappa shape index (κ2) is 15.2. The predicted molar refractivity (Wildman–Crippen MR) is 169 cm³/mol. The smallest absolute Gasteiger partial charge is 0.336 e. The number of aliphatic hydroxyl groups excluding tert-OH is 1. The van der Waals surface area contributed by atoms with Crippen LogP contribution in [-0.2, 0) is 47.8 Å². The third-order valence-corrected chi connectivity index (χ3v) is 8.93. The van der Waals surface area contributed by atoms with Crippen LogP contribution in [0.3, 0.4) is 0 Å². The van der Waals surface area contributed by atoms with Gasteiger partial charge in [-0.05, 0) is 46.1 Å². The molecule has 0 spiro atoms. The zero-order valence-electron chi connectivity index (χ0n) is 28.8. The van der Waals surface area contributed by atoms with Crippen molar-refractivity contribution in [1.29, 1.82) is 0 Å². The molecule has 0 aromatic carbocycles. The fourth-order valence-corrected chi connectivity index (χ4v) is 6.05. The van der Waals surface area contributed by atoms with E-state index in [0.29, 0.717) is 0 Å². The predicted octanol–water partition coefficient (Wildman–Crippen LogP) is 2.29. The lowest BCUT2D eigenvalue weighted by molar-refractivity contribution is -0.264. The summed E-state index contributed by atoms with van der Waals surface area (Å²) < 4.78 is 22.6. The maximum absolute atomic E-state index is 14.2. The lowest BCUT2D eigenvalue weighted by atomic mass is 9.71. The molecule has 0 heterocycles. The number of aliphatic hydroxyl groups is 3. The zero-order valence-corrected chi connectivity index (χ0v) is 28.8. The van der Waals surface area contributed by atoms with Gasteiger partial charge in [0.15, 0.2) is 11.9 Å². The molecule has 0 aliphatic heterocycles. The third-order valence-electron chi connectivity index (χ3n) is 8.93. The number of hydrogen-bond donors (Lipinski definition) is 4. The Morgan fingerprint density at radius 1 is 0.958 bits per heavy atom. The van der Waals surface area contributed by atoms with Gasteiger partial charge >= 0.3 is 23.9 Å². The van der Waals surface area contributed by atoms with Crippen LogP contribution in [0.2, 0.25) is 0 Å². The van der Waals surface area contributed by atoms with E-state index in [9.17, 15) is 39.3 Å². The number of fused-ring (bicyclic) bond motifs is 1. The van der Waals surface area contributed by atoms with Crippen LogP contribution < -0.4 is 0 Å². The molecule has 2 aliphatic carbocycles. The summed E-state index contributed by atoms with van der Waals surface area (Å²) in [6, 6.07) is 0. The van der Waals surface area contributed by atoms with Crippen LogP contribution in [-0.4, -0.2) is 98.1 Å². The fraction of sp³-hybridized carbons (Fsp3) is 0.618. The van der Waals surface area contributed by atoms with E-state index in [1.807, 2.05) is 0 Å². The highest BCUT2D eigenvalue weighted by Gasteiger charge is 2.65. The van der Waals surface area contributed by atoms with Gasteiger partial charge in [0.25, 0.3) is 0 Å². The highest BCUT2D eigenvalue weighted by atomic mass is 17.1. The highest BCUT2D eigenvalue weighted by Crippen LogP contribution is 2.49. The molecule has 0 saturated heterocycles. The third kappa shape index (κ3) is 8.47. The molecule has 4 N–H and O–H groups in total. The minimum absolute atomic E-state index is 0.183. The Morgan fingerprint density at radius 3 is 2.02 bits per heavy atom. The number of Topliss-reactive ketones (excluding diaryl/α,β-unsaturated/α-hetero) is 1. The summed E-state index contributed by atoms with van der Waals surface area (Å²) in [7, 11) is 0. The Hall–Kier alpha value is -3.69. The molecule has 0 aromatic heterocycles. The van der Waals surface area contributed by atoms with Gasteiger partial charge in [0.1, 0.15) is 41.7 Å². The molecular weight excluding hydrogens is 632 g/mol. The van der Waals surface area contributed by atoms with E-state index in [2.05, 4.69) is 18.0 Å². The normalized spacial score (nSPS) is 35.2. The van der Waals surface area contributed by atoms with Gasteiger partial charge in [0.05, 0.1) is 11.5 Å². The van der Waals surface area contributed by atoms with Gasteiger partial charge in [-0.3, -0.25) is 19.6 Å². The van der Waals surface area contributed by atoms with Crippen LogP contribution in [0, 0.1) is 17.3 Å². The highest BCUT2D eigenvalue weighted by molar-refractivity contribution is 5.97. The average Bonchev–Trinajstić information content (AvgIpc) is 3.26. The number of allylic oxidation sites excluding steroid dienone is 1. The Bertz CT molecular complexity index is 1370. The number of esters is 4. The van der Waals surface area contributed by atoms with Crippen LogP contribution >= 0.6 is 0 Å². The topological polar surface area (TPSA) is 212 Å². The number of carbonyl (C=O) groups excluding carboxylic acids is 5. The molecule has 1 unspecified atom stereocenters. The molecule has 0 aromatic rings. The Balaban J connectivity index is 3.03. The average molecular weight is 681 g/mol. The number of ketones is 1. The van der Waals surface area contributed by atoms with Crippen molar-refractivity contribution in [3.8, 4) is 0 Å². The summed E-state index contributed by atoms with van der Waals surface area (Å²) in [5.41, 5.74) is -7.03. The van der Waals surface area contributed by atoms with E-state index in [0.717, 1.165) is 26.8 Å². The molecule has 2 rings (SSSR count). The molecule has 2 aliphatic rings. The first-order valence-electron chi connectivity index (χ1n) is 15.4. The minimum atomic E-state index is -2.56. The van der Waals surface area contributed by atoms with Gasteiger partial charge in [-0.25, -0.2) is 14.5 Å². The van der Waals surface area contributed by atoms with Gasteiger partial charge in [-0.2, -0.15) is 0 Å². The lowest BCUT2D eigenvalue weighted by Crippen LogP contribution is -2.60. The molecule has 268 valence electrons. The van der Waals surface area contributed by atoms with Crippen LogP contribution in [0.25, 0.3) is 0 Å².